The fourth-order valence-corrected chi connectivity index (χ4v) is 1.80. The van der Waals surface area contributed by atoms with Gasteiger partial charge in [0.25, 0.3) is 0 Å². The number of benzene rings is 1. The highest BCUT2D eigenvalue weighted by atomic mass is 35.5. The lowest BCUT2D eigenvalue weighted by Gasteiger charge is -1.98. The largest absolute Gasteiger partial charge is 0.339 e. The molecule has 0 radical (unpaired) electrons. The zero-order valence-electron chi connectivity index (χ0n) is 9.77. The number of nitriles is 1. The van der Waals surface area contributed by atoms with Crippen molar-refractivity contribution < 1.29 is 4.52 Å². The SMILES string of the molecule is N#CCCCc1nc(Cc2ccccc2Cl)no1. The Morgan fingerprint density at radius 2 is 2.17 bits per heavy atom. The van der Waals surface area contributed by atoms with Gasteiger partial charge in [0.15, 0.2) is 5.82 Å². The van der Waals surface area contributed by atoms with E-state index in [4.69, 9.17) is 21.4 Å². The second-order valence-electron chi connectivity index (χ2n) is 3.88. The maximum absolute atomic E-state index is 8.44. The summed E-state index contributed by atoms with van der Waals surface area (Å²) < 4.78 is 5.11. The summed E-state index contributed by atoms with van der Waals surface area (Å²) in [4.78, 5) is 4.27. The van der Waals surface area contributed by atoms with Gasteiger partial charge in [0.05, 0.1) is 6.07 Å². The van der Waals surface area contributed by atoms with Crippen LogP contribution in [0.1, 0.15) is 30.1 Å². The van der Waals surface area contributed by atoms with E-state index in [0.29, 0.717) is 36.0 Å². The monoisotopic (exact) mass is 261 g/mol. The van der Waals surface area contributed by atoms with E-state index in [0.717, 1.165) is 12.0 Å². The third kappa shape index (κ3) is 3.31. The summed E-state index contributed by atoms with van der Waals surface area (Å²) >= 11 is 6.06. The molecule has 4 nitrogen and oxygen atoms in total. The molecule has 92 valence electrons. The van der Waals surface area contributed by atoms with Crippen LogP contribution in [-0.2, 0) is 12.8 Å². The highest BCUT2D eigenvalue weighted by Gasteiger charge is 2.08. The van der Waals surface area contributed by atoms with E-state index in [1.165, 1.54) is 0 Å². The Balaban J connectivity index is 1.99. The topological polar surface area (TPSA) is 62.7 Å². The predicted molar refractivity (Wildman–Crippen MR) is 67.1 cm³/mol. The average molecular weight is 262 g/mol. The minimum atomic E-state index is 0.502. The van der Waals surface area contributed by atoms with Gasteiger partial charge >= 0.3 is 0 Å². The molecular formula is C13H12ClN3O. The van der Waals surface area contributed by atoms with Gasteiger partial charge in [-0.1, -0.05) is 35.0 Å². The quantitative estimate of drug-likeness (QED) is 0.776. The number of unbranched alkanes of at least 4 members (excludes halogenated alkanes) is 1. The number of rotatable bonds is 5. The van der Waals surface area contributed by atoms with Crippen LogP contribution in [0.3, 0.4) is 0 Å². The fourth-order valence-electron chi connectivity index (χ4n) is 1.59. The van der Waals surface area contributed by atoms with Crippen molar-refractivity contribution in [1.29, 1.82) is 5.26 Å². The van der Waals surface area contributed by atoms with Crippen molar-refractivity contribution in [2.75, 3.05) is 0 Å². The van der Waals surface area contributed by atoms with Crippen LogP contribution in [0.5, 0.6) is 0 Å². The Hall–Kier alpha value is -1.86. The average Bonchev–Trinajstić information content (AvgIpc) is 2.80. The van der Waals surface area contributed by atoms with E-state index in [2.05, 4.69) is 16.2 Å². The van der Waals surface area contributed by atoms with Gasteiger partial charge in [-0.05, 0) is 18.1 Å². The molecule has 0 aliphatic heterocycles. The predicted octanol–water partition coefficient (Wildman–Crippen LogP) is 3.16. The second-order valence-corrected chi connectivity index (χ2v) is 4.29. The number of hydrogen-bond acceptors (Lipinski definition) is 4. The first-order chi connectivity index (χ1) is 8.79. The molecule has 0 bridgehead atoms. The molecule has 5 heteroatoms. The van der Waals surface area contributed by atoms with Gasteiger partial charge < -0.3 is 4.52 Å². The third-order valence-electron chi connectivity index (χ3n) is 2.50. The normalized spacial score (nSPS) is 10.2. The van der Waals surface area contributed by atoms with Crippen molar-refractivity contribution in [3.05, 3.63) is 46.6 Å². The van der Waals surface area contributed by atoms with Gasteiger partial charge in [-0.3, -0.25) is 0 Å². The van der Waals surface area contributed by atoms with Gasteiger partial charge in [0, 0.05) is 24.3 Å². The highest BCUT2D eigenvalue weighted by Crippen LogP contribution is 2.17. The highest BCUT2D eigenvalue weighted by molar-refractivity contribution is 6.31. The number of aromatic nitrogens is 2. The molecule has 2 rings (SSSR count). The standard InChI is InChI=1S/C13H12ClN3O/c14-11-6-2-1-5-10(11)9-12-16-13(18-17-12)7-3-4-8-15/h1-2,5-6H,3-4,7,9H2. The molecule has 0 aliphatic rings. The molecular weight excluding hydrogens is 250 g/mol. The van der Waals surface area contributed by atoms with E-state index in [9.17, 15) is 0 Å². The van der Waals surface area contributed by atoms with Crippen molar-refractivity contribution in [3.8, 4) is 6.07 Å². The van der Waals surface area contributed by atoms with E-state index < -0.39 is 0 Å². The molecule has 0 N–H and O–H groups in total. The summed E-state index contributed by atoms with van der Waals surface area (Å²) in [6, 6.07) is 9.67. The molecule has 0 spiro atoms. The van der Waals surface area contributed by atoms with Crippen LogP contribution in [0, 0.1) is 11.3 Å². The van der Waals surface area contributed by atoms with Crippen LogP contribution in [0.2, 0.25) is 5.02 Å². The lowest BCUT2D eigenvalue weighted by molar-refractivity contribution is 0.371. The summed E-state index contributed by atoms with van der Waals surface area (Å²) in [5.41, 5.74) is 0.976. The minimum absolute atomic E-state index is 0.502. The maximum Gasteiger partial charge on any atom is 0.226 e. The molecule has 0 saturated carbocycles. The van der Waals surface area contributed by atoms with Crippen LogP contribution >= 0.6 is 11.6 Å². The van der Waals surface area contributed by atoms with Crippen LogP contribution in [0.15, 0.2) is 28.8 Å². The molecule has 0 fully saturated rings. The minimum Gasteiger partial charge on any atom is -0.339 e. The van der Waals surface area contributed by atoms with Gasteiger partial charge in [-0.25, -0.2) is 0 Å². The van der Waals surface area contributed by atoms with Crippen molar-refractivity contribution in [1.82, 2.24) is 10.1 Å². The summed E-state index contributed by atoms with van der Waals surface area (Å²) in [6.45, 7) is 0. The Kier molecular flexibility index (Phi) is 4.32. The Morgan fingerprint density at radius 1 is 1.33 bits per heavy atom. The van der Waals surface area contributed by atoms with Crippen LogP contribution in [0.4, 0.5) is 0 Å². The Bertz CT molecular complexity index is 559. The molecule has 1 aromatic heterocycles. The van der Waals surface area contributed by atoms with Crippen LogP contribution in [0.25, 0.3) is 0 Å². The van der Waals surface area contributed by atoms with Gasteiger partial charge in [-0.2, -0.15) is 10.2 Å². The zero-order chi connectivity index (χ0) is 12.8. The Morgan fingerprint density at radius 3 is 2.94 bits per heavy atom. The molecule has 0 aliphatic carbocycles. The lowest BCUT2D eigenvalue weighted by Crippen LogP contribution is -1.92. The molecule has 1 aromatic carbocycles. The van der Waals surface area contributed by atoms with Gasteiger partial charge in [0.2, 0.25) is 5.89 Å². The van der Waals surface area contributed by atoms with Crippen molar-refractivity contribution in [3.63, 3.8) is 0 Å². The first-order valence-corrected chi connectivity index (χ1v) is 6.09. The number of hydrogen-bond donors (Lipinski definition) is 0. The summed E-state index contributed by atoms with van der Waals surface area (Å²) in [6.07, 6.45) is 2.44. The van der Waals surface area contributed by atoms with E-state index in [-0.39, 0.29) is 0 Å². The molecule has 0 amide bonds. The van der Waals surface area contributed by atoms with E-state index in [1.807, 2.05) is 24.3 Å². The van der Waals surface area contributed by atoms with Crippen molar-refractivity contribution in [2.24, 2.45) is 0 Å². The lowest BCUT2D eigenvalue weighted by atomic mass is 10.1. The summed E-state index contributed by atoms with van der Waals surface area (Å²) in [5.74, 6) is 1.20. The van der Waals surface area contributed by atoms with Gasteiger partial charge in [0.1, 0.15) is 0 Å². The fraction of sp³-hybridized carbons (Fsp3) is 0.308. The van der Waals surface area contributed by atoms with Crippen LogP contribution < -0.4 is 0 Å². The van der Waals surface area contributed by atoms with Gasteiger partial charge in [-0.15, -0.1) is 0 Å². The van der Waals surface area contributed by atoms with Crippen LogP contribution in [-0.4, -0.2) is 10.1 Å². The number of aryl methyl sites for hydroxylation is 1. The smallest absolute Gasteiger partial charge is 0.226 e. The van der Waals surface area contributed by atoms with Crippen molar-refractivity contribution in [2.45, 2.75) is 25.7 Å². The Labute approximate surface area is 110 Å². The molecule has 0 atom stereocenters. The molecule has 1 heterocycles. The summed E-state index contributed by atoms with van der Waals surface area (Å²) in [5, 5.41) is 13.0. The number of nitrogens with zero attached hydrogens (tertiary/aromatic N) is 3. The second kappa shape index (κ2) is 6.18. The molecule has 0 saturated heterocycles. The third-order valence-corrected chi connectivity index (χ3v) is 2.86. The molecule has 18 heavy (non-hydrogen) atoms. The van der Waals surface area contributed by atoms with E-state index >= 15 is 0 Å². The number of halogens is 1. The first-order valence-electron chi connectivity index (χ1n) is 5.71. The van der Waals surface area contributed by atoms with Crippen molar-refractivity contribution >= 4 is 11.6 Å². The zero-order valence-corrected chi connectivity index (χ0v) is 10.5. The molecule has 0 unspecified atom stereocenters. The summed E-state index contributed by atoms with van der Waals surface area (Å²) in [7, 11) is 0. The first kappa shape index (κ1) is 12.6. The van der Waals surface area contributed by atoms with E-state index in [1.54, 1.807) is 0 Å². The molecule has 2 aromatic rings. The maximum atomic E-state index is 8.44.